The van der Waals surface area contributed by atoms with Crippen LogP contribution in [-0.4, -0.2) is 11.4 Å². The lowest BCUT2D eigenvalue weighted by atomic mass is 9.91. The molecule has 0 heterocycles. The highest BCUT2D eigenvalue weighted by molar-refractivity contribution is 7.98. The van der Waals surface area contributed by atoms with Gasteiger partial charge in [-0.1, -0.05) is 18.2 Å². The molecule has 1 aliphatic rings. The van der Waals surface area contributed by atoms with Gasteiger partial charge in [-0.25, -0.2) is 0 Å². The van der Waals surface area contributed by atoms with Crippen molar-refractivity contribution in [1.82, 2.24) is 0 Å². The second-order valence-corrected chi connectivity index (χ2v) is 4.97. The maximum atomic E-state index is 10.4. The molecule has 2 rings (SSSR count). The molecule has 1 aliphatic carbocycles. The van der Waals surface area contributed by atoms with E-state index in [-0.39, 0.29) is 0 Å². The zero-order valence-corrected chi connectivity index (χ0v) is 9.47. The SMILES string of the molecule is CSc1ccccc1C(C)(O)C1CC1. The second-order valence-electron chi connectivity index (χ2n) is 4.12. The predicted molar refractivity (Wildman–Crippen MR) is 60.5 cm³/mol. The van der Waals surface area contributed by atoms with E-state index in [9.17, 15) is 5.11 Å². The molecule has 1 unspecified atom stereocenters. The molecule has 0 aliphatic heterocycles. The highest BCUT2D eigenvalue weighted by atomic mass is 32.2. The van der Waals surface area contributed by atoms with Gasteiger partial charge in [-0.2, -0.15) is 0 Å². The summed E-state index contributed by atoms with van der Waals surface area (Å²) in [6.07, 6.45) is 4.38. The van der Waals surface area contributed by atoms with Gasteiger partial charge in [0.2, 0.25) is 0 Å². The van der Waals surface area contributed by atoms with E-state index in [0.717, 1.165) is 18.4 Å². The van der Waals surface area contributed by atoms with Gasteiger partial charge in [-0.3, -0.25) is 0 Å². The summed E-state index contributed by atoms with van der Waals surface area (Å²) in [7, 11) is 0. The van der Waals surface area contributed by atoms with Crippen molar-refractivity contribution in [3.63, 3.8) is 0 Å². The zero-order valence-electron chi connectivity index (χ0n) is 8.66. The molecule has 0 radical (unpaired) electrons. The minimum atomic E-state index is -0.625. The van der Waals surface area contributed by atoms with E-state index in [1.807, 2.05) is 25.1 Å². The monoisotopic (exact) mass is 208 g/mol. The van der Waals surface area contributed by atoms with Gasteiger partial charge >= 0.3 is 0 Å². The van der Waals surface area contributed by atoms with E-state index in [1.54, 1.807) is 11.8 Å². The first-order valence-corrected chi connectivity index (χ1v) is 6.24. The van der Waals surface area contributed by atoms with Crippen LogP contribution in [0, 0.1) is 5.92 Å². The smallest absolute Gasteiger partial charge is 0.0907 e. The van der Waals surface area contributed by atoms with Gasteiger partial charge in [0.05, 0.1) is 5.60 Å². The molecule has 0 amide bonds. The van der Waals surface area contributed by atoms with Gasteiger partial charge in [-0.05, 0) is 43.6 Å². The van der Waals surface area contributed by atoms with E-state index in [0.29, 0.717) is 5.92 Å². The summed E-state index contributed by atoms with van der Waals surface area (Å²) >= 11 is 1.71. The van der Waals surface area contributed by atoms with Gasteiger partial charge < -0.3 is 5.11 Å². The number of benzene rings is 1. The van der Waals surface area contributed by atoms with Crippen molar-refractivity contribution in [2.45, 2.75) is 30.3 Å². The van der Waals surface area contributed by atoms with Crippen LogP contribution in [0.4, 0.5) is 0 Å². The predicted octanol–water partition coefficient (Wildman–Crippen LogP) is 3.03. The third-order valence-electron chi connectivity index (χ3n) is 3.02. The first-order valence-electron chi connectivity index (χ1n) is 5.02. The van der Waals surface area contributed by atoms with Crippen LogP contribution in [0.25, 0.3) is 0 Å². The molecule has 76 valence electrons. The van der Waals surface area contributed by atoms with E-state index in [2.05, 4.69) is 12.3 Å². The topological polar surface area (TPSA) is 20.2 Å². The van der Waals surface area contributed by atoms with E-state index < -0.39 is 5.60 Å². The molecule has 1 nitrogen and oxygen atoms in total. The molecule has 0 bridgehead atoms. The van der Waals surface area contributed by atoms with Crippen molar-refractivity contribution in [3.8, 4) is 0 Å². The molecule has 0 aromatic heterocycles. The molecule has 1 aromatic rings. The van der Waals surface area contributed by atoms with Gasteiger partial charge in [0.1, 0.15) is 0 Å². The maximum absolute atomic E-state index is 10.4. The highest BCUT2D eigenvalue weighted by Gasteiger charge is 2.42. The number of hydrogen-bond donors (Lipinski definition) is 1. The van der Waals surface area contributed by atoms with Crippen molar-refractivity contribution >= 4 is 11.8 Å². The Bertz CT molecular complexity index is 329. The van der Waals surface area contributed by atoms with Crippen LogP contribution in [0.5, 0.6) is 0 Å². The number of aliphatic hydroxyl groups is 1. The lowest BCUT2D eigenvalue weighted by Gasteiger charge is -2.25. The Morgan fingerprint density at radius 2 is 2.00 bits per heavy atom. The third-order valence-corrected chi connectivity index (χ3v) is 3.82. The van der Waals surface area contributed by atoms with E-state index in [1.165, 1.54) is 4.90 Å². The minimum absolute atomic E-state index is 0.468. The molecule has 1 aromatic carbocycles. The van der Waals surface area contributed by atoms with Crippen LogP contribution in [0.2, 0.25) is 0 Å². The normalized spacial score (nSPS) is 20.5. The van der Waals surface area contributed by atoms with Crippen LogP contribution in [0.15, 0.2) is 29.2 Å². The highest BCUT2D eigenvalue weighted by Crippen LogP contribution is 2.47. The fraction of sp³-hybridized carbons (Fsp3) is 0.500. The first-order chi connectivity index (χ1) is 6.66. The summed E-state index contributed by atoms with van der Waals surface area (Å²) in [5.74, 6) is 0.468. The first kappa shape index (κ1) is 10.1. The lowest BCUT2D eigenvalue weighted by molar-refractivity contribution is 0.0304. The Kier molecular flexibility index (Phi) is 2.58. The second kappa shape index (κ2) is 3.59. The van der Waals surface area contributed by atoms with Crippen LogP contribution in [0.1, 0.15) is 25.3 Å². The summed E-state index contributed by atoms with van der Waals surface area (Å²) in [5.41, 5.74) is 0.467. The van der Waals surface area contributed by atoms with Crippen LogP contribution >= 0.6 is 11.8 Å². The minimum Gasteiger partial charge on any atom is -0.385 e. The Morgan fingerprint density at radius 3 is 2.57 bits per heavy atom. The van der Waals surface area contributed by atoms with Crippen molar-refractivity contribution < 1.29 is 5.11 Å². The molecule has 0 spiro atoms. The Balaban J connectivity index is 2.38. The number of rotatable bonds is 3. The fourth-order valence-corrected chi connectivity index (χ4v) is 2.64. The van der Waals surface area contributed by atoms with Gasteiger partial charge in [0, 0.05) is 4.90 Å². The van der Waals surface area contributed by atoms with E-state index in [4.69, 9.17) is 0 Å². The van der Waals surface area contributed by atoms with Gasteiger partial charge in [0.25, 0.3) is 0 Å². The summed E-state index contributed by atoms with van der Waals surface area (Å²) in [6.45, 7) is 1.94. The Labute approximate surface area is 89.5 Å². The van der Waals surface area contributed by atoms with Crippen molar-refractivity contribution in [1.29, 1.82) is 0 Å². The van der Waals surface area contributed by atoms with Crippen LogP contribution in [-0.2, 0) is 5.60 Å². The Morgan fingerprint density at radius 1 is 1.36 bits per heavy atom. The molecule has 1 fully saturated rings. The maximum Gasteiger partial charge on any atom is 0.0907 e. The summed E-state index contributed by atoms with van der Waals surface area (Å²) in [6, 6.07) is 8.16. The average Bonchev–Trinajstić information content (AvgIpc) is 3.01. The van der Waals surface area contributed by atoms with Crippen LogP contribution < -0.4 is 0 Å². The lowest BCUT2D eigenvalue weighted by Crippen LogP contribution is -2.24. The molecule has 14 heavy (non-hydrogen) atoms. The molecule has 1 saturated carbocycles. The number of hydrogen-bond acceptors (Lipinski definition) is 2. The standard InChI is InChI=1S/C12H16OS/c1-12(13,9-7-8-9)10-5-3-4-6-11(10)14-2/h3-6,9,13H,7-8H2,1-2H3. The molecule has 2 heteroatoms. The molecular formula is C12H16OS. The summed E-state index contributed by atoms with van der Waals surface area (Å²) in [5, 5.41) is 10.4. The summed E-state index contributed by atoms with van der Waals surface area (Å²) < 4.78 is 0. The fourth-order valence-electron chi connectivity index (χ4n) is 1.93. The third kappa shape index (κ3) is 1.69. The Hall–Kier alpha value is -0.470. The molecular weight excluding hydrogens is 192 g/mol. The van der Waals surface area contributed by atoms with Crippen LogP contribution in [0.3, 0.4) is 0 Å². The molecule has 1 N–H and O–H groups in total. The van der Waals surface area contributed by atoms with Crippen molar-refractivity contribution in [3.05, 3.63) is 29.8 Å². The largest absolute Gasteiger partial charge is 0.385 e. The van der Waals surface area contributed by atoms with Crippen molar-refractivity contribution in [2.24, 2.45) is 5.92 Å². The molecule has 0 saturated heterocycles. The molecule has 1 atom stereocenters. The van der Waals surface area contributed by atoms with Crippen molar-refractivity contribution in [2.75, 3.05) is 6.26 Å². The average molecular weight is 208 g/mol. The quantitative estimate of drug-likeness (QED) is 0.770. The van der Waals surface area contributed by atoms with Gasteiger partial charge in [0.15, 0.2) is 0 Å². The zero-order chi connectivity index (χ0) is 10.2. The van der Waals surface area contributed by atoms with E-state index >= 15 is 0 Å². The summed E-state index contributed by atoms with van der Waals surface area (Å²) in [4.78, 5) is 1.20. The van der Waals surface area contributed by atoms with Gasteiger partial charge in [-0.15, -0.1) is 11.8 Å². The number of thioether (sulfide) groups is 1.